The highest BCUT2D eigenvalue weighted by Crippen LogP contribution is 2.30. The second-order valence-electron chi connectivity index (χ2n) is 6.77. The molecule has 1 atom stereocenters. The van der Waals surface area contributed by atoms with Gasteiger partial charge < -0.3 is 10.1 Å². The number of amides is 1. The summed E-state index contributed by atoms with van der Waals surface area (Å²) in [6.07, 6.45) is 3.63. The maximum atomic E-state index is 12.3. The monoisotopic (exact) mass is 322 g/mol. The van der Waals surface area contributed by atoms with Crippen LogP contribution in [0.15, 0.2) is 6.07 Å². The number of hydrogen-bond acceptors (Lipinski definition) is 4. The molecule has 0 saturated carbocycles. The normalized spacial score (nSPS) is 22.0. The van der Waals surface area contributed by atoms with Gasteiger partial charge in [-0.3, -0.25) is 9.69 Å². The average molecular weight is 322 g/mol. The molecule has 1 N–H and O–H groups in total. The van der Waals surface area contributed by atoms with E-state index in [2.05, 4.69) is 30.1 Å². The smallest absolute Gasteiger partial charge is 0.261 e. The van der Waals surface area contributed by atoms with Crippen molar-refractivity contribution in [1.29, 1.82) is 0 Å². The van der Waals surface area contributed by atoms with Crippen molar-refractivity contribution in [3.63, 3.8) is 0 Å². The molecule has 1 aromatic rings. The highest BCUT2D eigenvalue weighted by Gasteiger charge is 2.23. The van der Waals surface area contributed by atoms with Crippen molar-refractivity contribution in [2.75, 3.05) is 32.8 Å². The van der Waals surface area contributed by atoms with Crippen LogP contribution in [0.25, 0.3) is 0 Å². The van der Waals surface area contributed by atoms with E-state index in [0.717, 1.165) is 44.0 Å². The lowest BCUT2D eigenvalue weighted by Crippen LogP contribution is -2.48. The zero-order valence-electron chi connectivity index (χ0n) is 13.6. The summed E-state index contributed by atoms with van der Waals surface area (Å²) in [5.74, 6) is 0.728. The van der Waals surface area contributed by atoms with Crippen LogP contribution in [0, 0.1) is 5.92 Å². The third-order valence-electron chi connectivity index (χ3n) is 4.31. The standard InChI is InChI=1S/C17H26N2O2S/c1-12(2)10-19-6-7-21-14(11-19)9-18-17(20)16-8-13-4-3-5-15(13)22-16/h8,12,14H,3-7,9-11H2,1-2H3,(H,18,20)/t14-/m1/s1. The van der Waals surface area contributed by atoms with Gasteiger partial charge in [0.2, 0.25) is 0 Å². The Bertz CT molecular complexity index is 505. The van der Waals surface area contributed by atoms with Crippen molar-refractivity contribution in [3.05, 3.63) is 21.4 Å². The molecule has 2 heterocycles. The summed E-state index contributed by atoms with van der Waals surface area (Å²) in [5, 5.41) is 3.05. The van der Waals surface area contributed by atoms with E-state index in [-0.39, 0.29) is 12.0 Å². The quantitative estimate of drug-likeness (QED) is 0.904. The Balaban J connectivity index is 1.48. The summed E-state index contributed by atoms with van der Waals surface area (Å²) in [5.41, 5.74) is 1.38. The van der Waals surface area contributed by atoms with Crippen LogP contribution in [0.1, 0.15) is 40.4 Å². The molecule has 3 rings (SSSR count). The average Bonchev–Trinajstić information content (AvgIpc) is 3.05. The number of nitrogens with zero attached hydrogens (tertiary/aromatic N) is 1. The van der Waals surface area contributed by atoms with E-state index in [4.69, 9.17) is 4.74 Å². The largest absolute Gasteiger partial charge is 0.374 e. The van der Waals surface area contributed by atoms with Gasteiger partial charge in [0.15, 0.2) is 0 Å². The fourth-order valence-electron chi connectivity index (χ4n) is 3.32. The van der Waals surface area contributed by atoms with Crippen molar-refractivity contribution in [2.24, 2.45) is 5.92 Å². The molecule has 0 unspecified atom stereocenters. The van der Waals surface area contributed by atoms with E-state index in [0.29, 0.717) is 12.5 Å². The SMILES string of the molecule is CC(C)CN1CCO[C@H](CNC(=O)c2cc3c(s2)CCC3)C1. The van der Waals surface area contributed by atoms with Gasteiger partial charge in [-0.1, -0.05) is 13.8 Å². The van der Waals surface area contributed by atoms with Gasteiger partial charge in [0.05, 0.1) is 17.6 Å². The predicted molar refractivity (Wildman–Crippen MR) is 89.7 cm³/mol. The van der Waals surface area contributed by atoms with Gasteiger partial charge in [-0.15, -0.1) is 11.3 Å². The Hall–Kier alpha value is -0.910. The minimum atomic E-state index is 0.0592. The number of thiophene rings is 1. The Morgan fingerprint density at radius 3 is 3.14 bits per heavy atom. The number of morpholine rings is 1. The molecular weight excluding hydrogens is 296 g/mol. The summed E-state index contributed by atoms with van der Waals surface area (Å²) in [6.45, 7) is 8.87. The van der Waals surface area contributed by atoms with Gasteiger partial charge in [-0.25, -0.2) is 0 Å². The number of carbonyl (C=O) groups is 1. The van der Waals surface area contributed by atoms with E-state index in [9.17, 15) is 4.79 Å². The maximum absolute atomic E-state index is 12.3. The fourth-order valence-corrected chi connectivity index (χ4v) is 4.49. The molecule has 1 aliphatic carbocycles. The lowest BCUT2D eigenvalue weighted by atomic mass is 10.2. The topological polar surface area (TPSA) is 41.6 Å². The molecule has 1 aromatic heterocycles. The van der Waals surface area contributed by atoms with Gasteiger partial charge in [-0.2, -0.15) is 0 Å². The first-order chi connectivity index (χ1) is 10.6. The molecule has 1 fully saturated rings. The Kier molecular flexibility index (Phi) is 5.16. The van der Waals surface area contributed by atoms with Crippen LogP contribution in [0.5, 0.6) is 0 Å². The van der Waals surface area contributed by atoms with Gasteiger partial charge >= 0.3 is 0 Å². The number of fused-ring (bicyclic) bond motifs is 1. The summed E-state index contributed by atoms with van der Waals surface area (Å²) in [4.78, 5) is 17.0. The third-order valence-corrected chi connectivity index (χ3v) is 5.54. The molecule has 122 valence electrons. The fraction of sp³-hybridized carbons (Fsp3) is 0.706. The van der Waals surface area contributed by atoms with Crippen molar-refractivity contribution in [3.8, 4) is 0 Å². The molecule has 1 aliphatic heterocycles. The number of rotatable bonds is 5. The second-order valence-corrected chi connectivity index (χ2v) is 7.91. The number of ether oxygens (including phenoxy) is 1. The minimum Gasteiger partial charge on any atom is -0.374 e. The molecule has 1 amide bonds. The summed E-state index contributed by atoms with van der Waals surface area (Å²) >= 11 is 1.66. The van der Waals surface area contributed by atoms with E-state index >= 15 is 0 Å². The summed E-state index contributed by atoms with van der Waals surface area (Å²) in [6, 6.07) is 2.08. The van der Waals surface area contributed by atoms with Crippen LogP contribution in [-0.4, -0.2) is 49.7 Å². The van der Waals surface area contributed by atoms with Gasteiger partial charge in [0.25, 0.3) is 5.91 Å². The van der Waals surface area contributed by atoms with E-state index in [1.54, 1.807) is 11.3 Å². The molecule has 0 aromatic carbocycles. The molecule has 1 saturated heterocycles. The van der Waals surface area contributed by atoms with Crippen LogP contribution in [0.2, 0.25) is 0 Å². The first kappa shape index (κ1) is 16.0. The molecule has 22 heavy (non-hydrogen) atoms. The van der Waals surface area contributed by atoms with Crippen molar-refractivity contribution >= 4 is 17.2 Å². The minimum absolute atomic E-state index is 0.0592. The van der Waals surface area contributed by atoms with Gasteiger partial charge in [0.1, 0.15) is 0 Å². The molecule has 0 bridgehead atoms. The molecule has 5 heteroatoms. The molecule has 4 nitrogen and oxygen atoms in total. The van der Waals surface area contributed by atoms with Crippen LogP contribution >= 0.6 is 11.3 Å². The lowest BCUT2D eigenvalue weighted by Gasteiger charge is -2.33. The zero-order chi connectivity index (χ0) is 15.5. The number of carbonyl (C=O) groups excluding carboxylic acids is 1. The Labute approximate surface area is 136 Å². The summed E-state index contributed by atoms with van der Waals surface area (Å²) < 4.78 is 5.78. The van der Waals surface area contributed by atoms with E-state index in [1.807, 2.05) is 0 Å². The van der Waals surface area contributed by atoms with Crippen molar-refractivity contribution in [2.45, 2.75) is 39.2 Å². The van der Waals surface area contributed by atoms with Crippen LogP contribution in [-0.2, 0) is 17.6 Å². The zero-order valence-corrected chi connectivity index (χ0v) is 14.4. The maximum Gasteiger partial charge on any atom is 0.261 e. The van der Waals surface area contributed by atoms with E-state index in [1.165, 1.54) is 16.9 Å². The molecule has 2 aliphatic rings. The number of nitrogens with one attached hydrogen (secondary N) is 1. The first-order valence-corrected chi connectivity index (χ1v) is 9.17. The number of aryl methyl sites for hydroxylation is 2. The van der Waals surface area contributed by atoms with Crippen LogP contribution in [0.3, 0.4) is 0 Å². The Morgan fingerprint density at radius 1 is 1.50 bits per heavy atom. The summed E-state index contributed by atoms with van der Waals surface area (Å²) in [7, 11) is 0. The highest BCUT2D eigenvalue weighted by atomic mass is 32.1. The first-order valence-electron chi connectivity index (χ1n) is 8.35. The second kappa shape index (κ2) is 7.11. The van der Waals surface area contributed by atoms with Crippen molar-refractivity contribution in [1.82, 2.24) is 10.2 Å². The molecule has 0 spiro atoms. The Morgan fingerprint density at radius 2 is 2.36 bits per heavy atom. The lowest BCUT2D eigenvalue weighted by molar-refractivity contribution is -0.0295. The van der Waals surface area contributed by atoms with E-state index < -0.39 is 0 Å². The third kappa shape index (κ3) is 3.89. The van der Waals surface area contributed by atoms with Crippen LogP contribution in [0.4, 0.5) is 0 Å². The van der Waals surface area contributed by atoms with Crippen LogP contribution < -0.4 is 5.32 Å². The number of hydrogen-bond donors (Lipinski definition) is 1. The molecule has 0 radical (unpaired) electrons. The predicted octanol–water partition coefficient (Wildman–Crippen LogP) is 2.32. The molecular formula is C17H26N2O2S. The van der Waals surface area contributed by atoms with Crippen molar-refractivity contribution < 1.29 is 9.53 Å². The van der Waals surface area contributed by atoms with Gasteiger partial charge in [-0.05, 0) is 36.8 Å². The highest BCUT2D eigenvalue weighted by molar-refractivity contribution is 7.14. The van der Waals surface area contributed by atoms with Gasteiger partial charge in [0, 0.05) is 31.1 Å².